The lowest BCUT2D eigenvalue weighted by atomic mass is 9.96. The number of benzene rings is 1. The summed E-state index contributed by atoms with van der Waals surface area (Å²) in [4.78, 5) is 0. The highest BCUT2D eigenvalue weighted by Crippen LogP contribution is 2.31. The van der Waals surface area contributed by atoms with Crippen LogP contribution in [0.1, 0.15) is 38.4 Å². The van der Waals surface area contributed by atoms with E-state index >= 15 is 0 Å². The zero-order valence-electron chi connectivity index (χ0n) is 9.30. The van der Waals surface area contributed by atoms with Gasteiger partial charge in [0.05, 0.1) is 11.1 Å². The van der Waals surface area contributed by atoms with E-state index < -0.39 is 11.9 Å². The summed E-state index contributed by atoms with van der Waals surface area (Å²) in [6, 6.07) is 2.77. The van der Waals surface area contributed by atoms with Crippen LogP contribution in [-0.4, -0.2) is 5.11 Å². The molecule has 2 unspecified atom stereocenters. The molecule has 0 radical (unpaired) electrons. The van der Waals surface area contributed by atoms with E-state index in [0.29, 0.717) is 21.8 Å². The molecule has 0 aliphatic carbocycles. The standard InChI is InChI=1S/C12H15BrClFO/c1-3-7(2)4-12(16)8-5-10(14)9(13)6-11(8)15/h5-7,12,16H,3-4H2,1-2H3. The highest BCUT2D eigenvalue weighted by molar-refractivity contribution is 9.10. The third-order valence-corrected chi connectivity index (χ3v) is 3.92. The Balaban J connectivity index is 2.91. The summed E-state index contributed by atoms with van der Waals surface area (Å²) in [5.74, 6) is -0.0658. The van der Waals surface area contributed by atoms with E-state index in [9.17, 15) is 9.50 Å². The van der Waals surface area contributed by atoms with E-state index in [-0.39, 0.29) is 5.56 Å². The molecule has 0 amide bonds. The van der Waals surface area contributed by atoms with Gasteiger partial charge in [0.25, 0.3) is 0 Å². The van der Waals surface area contributed by atoms with Crippen molar-refractivity contribution in [2.24, 2.45) is 5.92 Å². The predicted octanol–water partition coefficient (Wildman–Crippen LogP) is 4.71. The number of aliphatic hydroxyl groups is 1. The van der Waals surface area contributed by atoms with Crippen molar-refractivity contribution >= 4 is 27.5 Å². The van der Waals surface area contributed by atoms with Crippen LogP contribution < -0.4 is 0 Å². The fraction of sp³-hybridized carbons (Fsp3) is 0.500. The van der Waals surface area contributed by atoms with Gasteiger partial charge in [-0.2, -0.15) is 0 Å². The zero-order chi connectivity index (χ0) is 12.3. The first-order chi connectivity index (χ1) is 7.45. The van der Waals surface area contributed by atoms with Crippen LogP contribution in [0.5, 0.6) is 0 Å². The van der Waals surface area contributed by atoms with Gasteiger partial charge in [-0.3, -0.25) is 0 Å². The lowest BCUT2D eigenvalue weighted by Gasteiger charge is -2.16. The summed E-state index contributed by atoms with van der Waals surface area (Å²) >= 11 is 9.02. The normalized spacial score (nSPS) is 14.9. The van der Waals surface area contributed by atoms with Crippen molar-refractivity contribution in [2.45, 2.75) is 32.8 Å². The van der Waals surface area contributed by atoms with Gasteiger partial charge in [0.1, 0.15) is 5.82 Å². The summed E-state index contributed by atoms with van der Waals surface area (Å²) in [6.45, 7) is 4.07. The smallest absolute Gasteiger partial charge is 0.130 e. The van der Waals surface area contributed by atoms with Crippen molar-refractivity contribution < 1.29 is 9.50 Å². The van der Waals surface area contributed by atoms with Crippen LogP contribution in [-0.2, 0) is 0 Å². The largest absolute Gasteiger partial charge is 0.388 e. The van der Waals surface area contributed by atoms with Gasteiger partial charge in [-0.25, -0.2) is 4.39 Å². The molecule has 1 nitrogen and oxygen atoms in total. The third-order valence-electron chi connectivity index (χ3n) is 2.72. The van der Waals surface area contributed by atoms with Crippen LogP contribution in [0.3, 0.4) is 0 Å². The highest BCUT2D eigenvalue weighted by Gasteiger charge is 2.17. The minimum absolute atomic E-state index is 0.272. The van der Waals surface area contributed by atoms with Crippen molar-refractivity contribution in [1.82, 2.24) is 0 Å². The maximum atomic E-state index is 13.6. The van der Waals surface area contributed by atoms with E-state index in [4.69, 9.17) is 11.6 Å². The molecule has 0 aliphatic heterocycles. The Labute approximate surface area is 109 Å². The van der Waals surface area contributed by atoms with Gasteiger partial charge in [-0.1, -0.05) is 31.9 Å². The first kappa shape index (κ1) is 13.9. The zero-order valence-corrected chi connectivity index (χ0v) is 11.6. The molecule has 1 aromatic rings. The van der Waals surface area contributed by atoms with Crippen molar-refractivity contribution in [2.75, 3.05) is 0 Å². The number of hydrogen-bond acceptors (Lipinski definition) is 1. The molecule has 1 aromatic carbocycles. The molecule has 0 saturated heterocycles. The molecule has 4 heteroatoms. The molecule has 0 aliphatic rings. The molecule has 90 valence electrons. The van der Waals surface area contributed by atoms with Crippen molar-refractivity contribution in [3.8, 4) is 0 Å². The van der Waals surface area contributed by atoms with Crippen LogP contribution >= 0.6 is 27.5 Å². The monoisotopic (exact) mass is 308 g/mol. The molecular weight excluding hydrogens is 294 g/mol. The molecule has 16 heavy (non-hydrogen) atoms. The van der Waals surface area contributed by atoms with E-state index in [0.717, 1.165) is 6.42 Å². The maximum Gasteiger partial charge on any atom is 0.130 e. The summed E-state index contributed by atoms with van der Waals surface area (Å²) in [5, 5.41) is 10.3. The second-order valence-electron chi connectivity index (χ2n) is 4.05. The summed E-state index contributed by atoms with van der Waals surface area (Å²) in [7, 11) is 0. The Kier molecular flexibility index (Phi) is 5.22. The van der Waals surface area contributed by atoms with Crippen molar-refractivity contribution in [3.05, 3.63) is 33.0 Å². The van der Waals surface area contributed by atoms with E-state index in [1.54, 1.807) is 0 Å². The maximum absolute atomic E-state index is 13.6. The first-order valence-corrected chi connectivity index (χ1v) is 6.45. The van der Waals surface area contributed by atoms with Gasteiger partial charge < -0.3 is 5.11 Å². The number of halogens is 3. The Hall–Kier alpha value is -0.120. The molecule has 1 rings (SSSR count). The Morgan fingerprint density at radius 3 is 2.69 bits per heavy atom. The molecular formula is C12H15BrClFO. The van der Waals surface area contributed by atoms with Crippen LogP contribution in [0.25, 0.3) is 0 Å². The molecule has 0 fully saturated rings. The lowest BCUT2D eigenvalue weighted by Crippen LogP contribution is -2.06. The van der Waals surface area contributed by atoms with Crippen LogP contribution in [0.2, 0.25) is 5.02 Å². The molecule has 2 atom stereocenters. The Bertz CT molecular complexity index is 370. The fourth-order valence-corrected chi connectivity index (χ4v) is 1.96. The third kappa shape index (κ3) is 3.44. The SMILES string of the molecule is CCC(C)CC(O)c1cc(Cl)c(Br)cc1F. The molecule has 0 heterocycles. The average molecular weight is 310 g/mol. The Morgan fingerprint density at radius 2 is 2.12 bits per heavy atom. The van der Waals surface area contributed by atoms with Crippen molar-refractivity contribution in [1.29, 1.82) is 0 Å². The first-order valence-electron chi connectivity index (χ1n) is 5.28. The second-order valence-corrected chi connectivity index (χ2v) is 5.31. The quantitative estimate of drug-likeness (QED) is 0.799. The minimum Gasteiger partial charge on any atom is -0.388 e. The van der Waals surface area contributed by atoms with Gasteiger partial charge in [0.15, 0.2) is 0 Å². The predicted molar refractivity (Wildman–Crippen MR) is 68.1 cm³/mol. The van der Waals surface area contributed by atoms with Gasteiger partial charge in [-0.15, -0.1) is 0 Å². The summed E-state index contributed by atoms with van der Waals surface area (Å²) in [5.41, 5.74) is 0.272. The van der Waals surface area contributed by atoms with E-state index in [1.807, 2.05) is 13.8 Å². The highest BCUT2D eigenvalue weighted by atomic mass is 79.9. The summed E-state index contributed by atoms with van der Waals surface area (Å²) < 4.78 is 14.1. The minimum atomic E-state index is -0.791. The fourth-order valence-electron chi connectivity index (χ4n) is 1.47. The molecule has 0 bridgehead atoms. The molecule has 0 saturated carbocycles. The van der Waals surface area contributed by atoms with Gasteiger partial charge in [0.2, 0.25) is 0 Å². The van der Waals surface area contributed by atoms with Gasteiger partial charge in [-0.05, 0) is 40.4 Å². The van der Waals surface area contributed by atoms with Crippen LogP contribution in [0, 0.1) is 11.7 Å². The number of rotatable bonds is 4. The van der Waals surface area contributed by atoms with E-state index in [1.165, 1.54) is 12.1 Å². The second kappa shape index (κ2) is 5.99. The molecule has 0 aromatic heterocycles. The van der Waals surface area contributed by atoms with Crippen LogP contribution in [0.4, 0.5) is 4.39 Å². The number of hydrogen-bond donors (Lipinski definition) is 1. The van der Waals surface area contributed by atoms with Gasteiger partial charge in [0, 0.05) is 10.0 Å². The average Bonchev–Trinajstić information content (AvgIpc) is 2.23. The Morgan fingerprint density at radius 1 is 1.50 bits per heavy atom. The van der Waals surface area contributed by atoms with Gasteiger partial charge >= 0.3 is 0 Å². The lowest BCUT2D eigenvalue weighted by molar-refractivity contribution is 0.142. The molecule has 0 spiro atoms. The summed E-state index contributed by atoms with van der Waals surface area (Å²) in [6.07, 6.45) is 0.717. The topological polar surface area (TPSA) is 20.2 Å². The number of aliphatic hydroxyl groups excluding tert-OH is 1. The molecule has 1 N–H and O–H groups in total. The van der Waals surface area contributed by atoms with Crippen molar-refractivity contribution in [3.63, 3.8) is 0 Å². The van der Waals surface area contributed by atoms with Crippen LogP contribution in [0.15, 0.2) is 16.6 Å². The van der Waals surface area contributed by atoms with E-state index in [2.05, 4.69) is 15.9 Å².